The molecular formula is C16H17ClN2O2S. The maximum absolute atomic E-state index is 12.3. The number of hydrogen-bond donors (Lipinski definition) is 1. The van der Waals surface area contributed by atoms with Crippen LogP contribution in [0.15, 0.2) is 35.7 Å². The first-order valence-corrected chi connectivity index (χ1v) is 8.01. The Morgan fingerprint density at radius 3 is 2.59 bits per heavy atom. The summed E-state index contributed by atoms with van der Waals surface area (Å²) in [5.74, 6) is -0.568. The first-order chi connectivity index (χ1) is 10.4. The summed E-state index contributed by atoms with van der Waals surface area (Å²) in [4.78, 5) is 26.8. The third-order valence-corrected chi connectivity index (χ3v) is 4.63. The van der Waals surface area contributed by atoms with Gasteiger partial charge in [-0.05, 0) is 36.6 Å². The number of halogens is 1. The Balaban J connectivity index is 2.20. The Hall–Kier alpha value is -1.85. The SMILES string of the molecule is C[C@@H](C(=O)Nc1cc(C(=O)N(C)C)ccc1Cl)c1cccs1. The predicted molar refractivity (Wildman–Crippen MR) is 90.8 cm³/mol. The average Bonchev–Trinajstić information content (AvgIpc) is 3.02. The Kier molecular flexibility index (Phi) is 5.21. The highest BCUT2D eigenvalue weighted by Gasteiger charge is 2.18. The number of nitrogens with zero attached hydrogens (tertiary/aromatic N) is 1. The quantitative estimate of drug-likeness (QED) is 0.922. The number of thiophene rings is 1. The van der Waals surface area contributed by atoms with E-state index >= 15 is 0 Å². The normalized spacial score (nSPS) is 11.8. The summed E-state index contributed by atoms with van der Waals surface area (Å²) in [5.41, 5.74) is 0.927. The van der Waals surface area contributed by atoms with E-state index < -0.39 is 0 Å². The Morgan fingerprint density at radius 1 is 1.27 bits per heavy atom. The smallest absolute Gasteiger partial charge is 0.253 e. The van der Waals surface area contributed by atoms with Crippen molar-refractivity contribution in [2.75, 3.05) is 19.4 Å². The van der Waals surface area contributed by atoms with Crippen molar-refractivity contribution >= 4 is 40.4 Å². The van der Waals surface area contributed by atoms with Crippen LogP contribution in [-0.4, -0.2) is 30.8 Å². The summed E-state index contributed by atoms with van der Waals surface area (Å²) >= 11 is 7.65. The first-order valence-electron chi connectivity index (χ1n) is 6.75. The van der Waals surface area contributed by atoms with Crippen molar-refractivity contribution in [3.05, 3.63) is 51.2 Å². The largest absolute Gasteiger partial charge is 0.345 e. The topological polar surface area (TPSA) is 49.4 Å². The molecule has 1 aromatic carbocycles. The van der Waals surface area contributed by atoms with Crippen molar-refractivity contribution in [1.82, 2.24) is 4.90 Å². The zero-order valence-electron chi connectivity index (χ0n) is 12.6. The second-order valence-corrected chi connectivity index (χ2v) is 6.51. The second kappa shape index (κ2) is 6.94. The van der Waals surface area contributed by atoms with Crippen LogP contribution in [0.2, 0.25) is 5.02 Å². The van der Waals surface area contributed by atoms with Gasteiger partial charge in [0.1, 0.15) is 0 Å². The summed E-state index contributed by atoms with van der Waals surface area (Å²) in [7, 11) is 3.35. The van der Waals surface area contributed by atoms with E-state index in [1.165, 1.54) is 16.2 Å². The molecule has 1 heterocycles. The summed E-state index contributed by atoms with van der Waals surface area (Å²) in [5, 5.41) is 5.14. The molecule has 116 valence electrons. The molecule has 0 radical (unpaired) electrons. The number of hydrogen-bond acceptors (Lipinski definition) is 3. The highest BCUT2D eigenvalue weighted by molar-refractivity contribution is 7.10. The zero-order valence-corrected chi connectivity index (χ0v) is 14.2. The highest BCUT2D eigenvalue weighted by atomic mass is 35.5. The van der Waals surface area contributed by atoms with Crippen LogP contribution in [0.25, 0.3) is 0 Å². The van der Waals surface area contributed by atoms with Gasteiger partial charge in [-0.25, -0.2) is 0 Å². The fourth-order valence-corrected chi connectivity index (χ4v) is 2.87. The summed E-state index contributed by atoms with van der Waals surface area (Å²) in [6.45, 7) is 1.84. The van der Waals surface area contributed by atoms with Crippen LogP contribution < -0.4 is 5.32 Å². The molecule has 0 saturated carbocycles. The average molecular weight is 337 g/mol. The Bertz CT molecular complexity index is 683. The minimum Gasteiger partial charge on any atom is -0.345 e. The van der Waals surface area contributed by atoms with Gasteiger partial charge in [0.05, 0.1) is 16.6 Å². The van der Waals surface area contributed by atoms with Crippen LogP contribution in [0, 0.1) is 0 Å². The lowest BCUT2D eigenvalue weighted by atomic mass is 10.1. The number of anilines is 1. The number of carbonyl (C=O) groups excluding carboxylic acids is 2. The maximum atomic E-state index is 12.3. The summed E-state index contributed by atoms with van der Waals surface area (Å²) < 4.78 is 0. The monoisotopic (exact) mass is 336 g/mol. The molecule has 0 spiro atoms. The molecule has 0 unspecified atom stereocenters. The molecule has 2 amide bonds. The van der Waals surface area contributed by atoms with Crippen LogP contribution >= 0.6 is 22.9 Å². The van der Waals surface area contributed by atoms with Crippen molar-refractivity contribution in [2.24, 2.45) is 0 Å². The molecule has 4 nitrogen and oxygen atoms in total. The van der Waals surface area contributed by atoms with Gasteiger partial charge in [-0.15, -0.1) is 11.3 Å². The highest BCUT2D eigenvalue weighted by Crippen LogP contribution is 2.27. The predicted octanol–water partition coefficient (Wildman–Crippen LogP) is 3.85. The first kappa shape index (κ1) is 16.5. The van der Waals surface area contributed by atoms with Gasteiger partial charge >= 0.3 is 0 Å². The van der Waals surface area contributed by atoms with E-state index in [-0.39, 0.29) is 17.7 Å². The minimum atomic E-state index is -0.274. The number of benzene rings is 1. The van der Waals surface area contributed by atoms with Crippen LogP contribution in [0.5, 0.6) is 0 Å². The fraction of sp³-hybridized carbons (Fsp3) is 0.250. The molecule has 0 aliphatic carbocycles. The van der Waals surface area contributed by atoms with Gasteiger partial charge in [-0.1, -0.05) is 17.7 Å². The molecule has 1 N–H and O–H groups in total. The van der Waals surface area contributed by atoms with Gasteiger partial charge in [0.15, 0.2) is 0 Å². The van der Waals surface area contributed by atoms with Gasteiger partial charge in [-0.2, -0.15) is 0 Å². The molecule has 1 aromatic heterocycles. The lowest BCUT2D eigenvalue weighted by Crippen LogP contribution is -2.22. The van der Waals surface area contributed by atoms with Crippen molar-refractivity contribution in [1.29, 1.82) is 0 Å². The number of carbonyl (C=O) groups is 2. The van der Waals surface area contributed by atoms with Crippen LogP contribution in [-0.2, 0) is 4.79 Å². The van der Waals surface area contributed by atoms with E-state index in [0.29, 0.717) is 16.3 Å². The molecule has 6 heteroatoms. The minimum absolute atomic E-state index is 0.140. The standard InChI is InChI=1S/C16H17ClN2O2S/c1-10(14-5-4-8-22-14)15(20)18-13-9-11(6-7-12(13)17)16(21)19(2)3/h4-10H,1-3H3,(H,18,20)/t10-/m1/s1. The second-order valence-electron chi connectivity index (χ2n) is 5.12. The van der Waals surface area contributed by atoms with E-state index in [4.69, 9.17) is 11.6 Å². The zero-order chi connectivity index (χ0) is 16.3. The molecule has 0 fully saturated rings. The third kappa shape index (κ3) is 3.67. The molecule has 1 atom stereocenters. The molecule has 0 bridgehead atoms. The number of nitrogens with one attached hydrogen (secondary N) is 1. The van der Waals surface area contributed by atoms with Gasteiger partial charge in [0.25, 0.3) is 5.91 Å². The molecule has 22 heavy (non-hydrogen) atoms. The molecule has 2 rings (SSSR count). The van der Waals surface area contributed by atoms with Gasteiger partial charge < -0.3 is 10.2 Å². The Morgan fingerprint density at radius 2 is 2.00 bits per heavy atom. The van der Waals surface area contributed by atoms with E-state index in [2.05, 4.69) is 5.32 Å². The van der Waals surface area contributed by atoms with Crippen LogP contribution in [0.3, 0.4) is 0 Å². The maximum Gasteiger partial charge on any atom is 0.253 e. The van der Waals surface area contributed by atoms with E-state index in [0.717, 1.165) is 4.88 Å². The van der Waals surface area contributed by atoms with Gasteiger partial charge in [0.2, 0.25) is 5.91 Å². The third-order valence-electron chi connectivity index (χ3n) is 3.24. The van der Waals surface area contributed by atoms with E-state index in [1.807, 2.05) is 24.4 Å². The molecule has 2 aromatic rings. The summed E-state index contributed by atoms with van der Waals surface area (Å²) in [6.07, 6.45) is 0. The number of amides is 2. The van der Waals surface area contributed by atoms with Gasteiger partial charge in [-0.3, -0.25) is 9.59 Å². The van der Waals surface area contributed by atoms with Gasteiger partial charge in [0, 0.05) is 24.5 Å². The van der Waals surface area contributed by atoms with E-state index in [1.54, 1.807) is 32.3 Å². The Labute approximate surface area is 138 Å². The molecule has 0 aliphatic heterocycles. The molecule has 0 aliphatic rings. The van der Waals surface area contributed by atoms with Crippen molar-refractivity contribution in [3.63, 3.8) is 0 Å². The van der Waals surface area contributed by atoms with E-state index in [9.17, 15) is 9.59 Å². The van der Waals surface area contributed by atoms with Crippen molar-refractivity contribution in [3.8, 4) is 0 Å². The fourth-order valence-electron chi connectivity index (χ4n) is 1.92. The molecule has 0 saturated heterocycles. The van der Waals surface area contributed by atoms with Crippen LogP contribution in [0.1, 0.15) is 28.1 Å². The number of rotatable bonds is 4. The van der Waals surface area contributed by atoms with Crippen LogP contribution in [0.4, 0.5) is 5.69 Å². The van der Waals surface area contributed by atoms with Crippen molar-refractivity contribution < 1.29 is 9.59 Å². The lowest BCUT2D eigenvalue weighted by Gasteiger charge is -2.14. The van der Waals surface area contributed by atoms with Crippen molar-refractivity contribution in [2.45, 2.75) is 12.8 Å². The lowest BCUT2D eigenvalue weighted by molar-refractivity contribution is -0.117. The summed E-state index contributed by atoms with van der Waals surface area (Å²) in [6, 6.07) is 8.69. The molecular weight excluding hydrogens is 320 g/mol.